The van der Waals surface area contributed by atoms with Gasteiger partial charge in [-0.25, -0.2) is 12.8 Å². The number of halogens is 1. The summed E-state index contributed by atoms with van der Waals surface area (Å²) in [6.45, 7) is 0.766. The number of amides is 1. The van der Waals surface area contributed by atoms with E-state index in [1.165, 1.54) is 27.4 Å². The Morgan fingerprint density at radius 1 is 1.06 bits per heavy atom. The fourth-order valence-corrected chi connectivity index (χ4v) is 5.13. The second kappa shape index (κ2) is 8.83. The van der Waals surface area contributed by atoms with E-state index in [-0.39, 0.29) is 47.7 Å². The van der Waals surface area contributed by atoms with Crippen molar-refractivity contribution in [1.29, 1.82) is 0 Å². The van der Waals surface area contributed by atoms with Crippen LogP contribution in [0.25, 0.3) is 0 Å². The summed E-state index contributed by atoms with van der Waals surface area (Å²) in [5, 5.41) is 14.6. The molecule has 0 bridgehead atoms. The molecule has 0 radical (unpaired) electrons. The fraction of sp³-hybridized carbons (Fsp3) is 0.381. The topological polar surface area (TPSA) is 113 Å². The summed E-state index contributed by atoms with van der Waals surface area (Å²) in [4.78, 5) is 25.5. The number of hydrogen-bond acceptors (Lipinski definition) is 6. The van der Waals surface area contributed by atoms with Crippen LogP contribution in [-0.2, 0) is 10.0 Å². The lowest BCUT2D eigenvalue weighted by Crippen LogP contribution is -2.37. The van der Waals surface area contributed by atoms with E-state index in [2.05, 4.69) is 5.32 Å². The van der Waals surface area contributed by atoms with Crippen molar-refractivity contribution in [3.05, 3.63) is 64.0 Å². The van der Waals surface area contributed by atoms with Crippen molar-refractivity contribution in [2.75, 3.05) is 31.5 Å². The molecule has 0 aromatic heterocycles. The van der Waals surface area contributed by atoms with Gasteiger partial charge in [-0.05, 0) is 55.7 Å². The Kier molecular flexibility index (Phi) is 6.11. The van der Waals surface area contributed by atoms with Crippen LogP contribution in [0.2, 0.25) is 0 Å². The minimum Gasteiger partial charge on any atom is -0.377 e. The van der Waals surface area contributed by atoms with Crippen LogP contribution in [0.5, 0.6) is 0 Å². The Hall–Kier alpha value is -3.05. The van der Waals surface area contributed by atoms with Crippen molar-refractivity contribution in [3.8, 4) is 0 Å². The van der Waals surface area contributed by atoms with Crippen molar-refractivity contribution in [1.82, 2.24) is 9.21 Å². The summed E-state index contributed by atoms with van der Waals surface area (Å²) < 4.78 is 40.2. The van der Waals surface area contributed by atoms with Gasteiger partial charge in [0.2, 0.25) is 10.0 Å². The number of nitro benzene ring substituents is 1. The molecule has 2 aromatic rings. The highest BCUT2D eigenvalue weighted by Crippen LogP contribution is 2.32. The summed E-state index contributed by atoms with van der Waals surface area (Å²) in [7, 11) is -3.81. The molecule has 0 unspecified atom stereocenters. The van der Waals surface area contributed by atoms with Crippen molar-refractivity contribution >= 4 is 27.3 Å². The van der Waals surface area contributed by atoms with Gasteiger partial charge in [-0.2, -0.15) is 4.31 Å². The molecule has 2 aromatic carbocycles. The average Bonchev–Trinajstić information content (AvgIpc) is 3.60. The van der Waals surface area contributed by atoms with Crippen LogP contribution in [0.3, 0.4) is 0 Å². The van der Waals surface area contributed by atoms with Crippen molar-refractivity contribution < 1.29 is 22.5 Å². The predicted octanol–water partition coefficient (Wildman–Crippen LogP) is 2.85. The quantitative estimate of drug-likeness (QED) is 0.522. The maximum atomic E-state index is 13.2. The number of benzene rings is 2. The van der Waals surface area contributed by atoms with Gasteiger partial charge in [-0.3, -0.25) is 14.9 Å². The van der Waals surface area contributed by atoms with Gasteiger partial charge in [0.05, 0.1) is 9.82 Å². The molecule has 2 fully saturated rings. The highest BCUT2D eigenvalue weighted by Gasteiger charge is 2.30. The zero-order valence-corrected chi connectivity index (χ0v) is 18.1. The molecule has 2 aliphatic rings. The molecule has 0 atom stereocenters. The molecular weight excluding hydrogens is 439 g/mol. The van der Waals surface area contributed by atoms with Gasteiger partial charge in [0, 0.05) is 43.9 Å². The highest BCUT2D eigenvalue weighted by molar-refractivity contribution is 7.89. The van der Waals surface area contributed by atoms with Gasteiger partial charge < -0.3 is 10.2 Å². The number of sulfonamides is 1. The summed E-state index contributed by atoms with van der Waals surface area (Å²) >= 11 is 0. The summed E-state index contributed by atoms with van der Waals surface area (Å²) in [5.74, 6) is -0.906. The molecule has 1 saturated heterocycles. The van der Waals surface area contributed by atoms with Crippen LogP contribution in [0.4, 0.5) is 15.8 Å². The van der Waals surface area contributed by atoms with Crippen LogP contribution >= 0.6 is 0 Å². The lowest BCUT2D eigenvalue weighted by Gasteiger charge is -2.22. The maximum absolute atomic E-state index is 13.2. The van der Waals surface area contributed by atoms with E-state index in [0.29, 0.717) is 18.7 Å². The normalized spacial score (nSPS) is 17.6. The Morgan fingerprint density at radius 2 is 1.78 bits per heavy atom. The van der Waals surface area contributed by atoms with Crippen molar-refractivity contribution in [3.63, 3.8) is 0 Å². The number of nitrogens with one attached hydrogen (secondary N) is 1. The third-order valence-corrected chi connectivity index (χ3v) is 7.48. The second-order valence-corrected chi connectivity index (χ2v) is 9.85. The van der Waals surface area contributed by atoms with E-state index in [1.54, 1.807) is 12.1 Å². The molecule has 170 valence electrons. The predicted molar refractivity (Wildman–Crippen MR) is 115 cm³/mol. The molecule has 1 amide bonds. The molecule has 4 rings (SSSR count). The number of anilines is 1. The molecule has 1 aliphatic heterocycles. The van der Waals surface area contributed by atoms with E-state index in [1.807, 2.05) is 0 Å². The maximum Gasteiger partial charge on any atom is 0.293 e. The van der Waals surface area contributed by atoms with Crippen LogP contribution in [0.1, 0.15) is 29.6 Å². The Balaban J connectivity index is 1.48. The first-order chi connectivity index (χ1) is 15.3. The molecule has 11 heteroatoms. The Bertz CT molecular complexity index is 1140. The van der Waals surface area contributed by atoms with E-state index in [0.717, 1.165) is 25.0 Å². The van der Waals surface area contributed by atoms with Gasteiger partial charge in [0.1, 0.15) is 11.5 Å². The van der Waals surface area contributed by atoms with E-state index < -0.39 is 20.8 Å². The first-order valence-electron chi connectivity index (χ1n) is 10.4. The van der Waals surface area contributed by atoms with Crippen LogP contribution in [-0.4, -0.2) is 60.7 Å². The zero-order valence-electron chi connectivity index (χ0n) is 17.2. The standard InChI is InChI=1S/C21H23FN4O5S/c22-16-3-7-18(8-4-16)32(30,31)25-11-1-10-24(12-13-25)21(27)15-2-9-19(23-17-5-6-17)20(14-15)26(28)29/h2-4,7-9,14,17,23H,1,5-6,10-13H2. The number of nitro groups is 1. The number of rotatable bonds is 6. The number of carbonyl (C=O) groups excluding carboxylic acids is 1. The van der Waals surface area contributed by atoms with Gasteiger partial charge in [0.15, 0.2) is 0 Å². The molecule has 32 heavy (non-hydrogen) atoms. The molecule has 1 heterocycles. The zero-order chi connectivity index (χ0) is 22.9. The molecule has 0 spiro atoms. The summed E-state index contributed by atoms with van der Waals surface area (Å²) in [5.41, 5.74) is 0.424. The minimum absolute atomic E-state index is 0.00643. The lowest BCUT2D eigenvalue weighted by atomic mass is 10.1. The number of nitrogens with zero attached hydrogens (tertiary/aromatic N) is 3. The van der Waals surface area contributed by atoms with Crippen LogP contribution in [0.15, 0.2) is 47.4 Å². The third-order valence-electron chi connectivity index (χ3n) is 5.57. The highest BCUT2D eigenvalue weighted by atomic mass is 32.2. The molecule has 1 saturated carbocycles. The smallest absolute Gasteiger partial charge is 0.293 e. The molecule has 9 nitrogen and oxygen atoms in total. The van der Waals surface area contributed by atoms with E-state index in [9.17, 15) is 27.7 Å². The minimum atomic E-state index is -3.81. The largest absolute Gasteiger partial charge is 0.377 e. The van der Waals surface area contributed by atoms with Gasteiger partial charge in [0.25, 0.3) is 11.6 Å². The number of hydrogen-bond donors (Lipinski definition) is 1. The SMILES string of the molecule is O=C(c1ccc(NC2CC2)c([N+](=O)[O-])c1)N1CCCN(S(=O)(=O)c2ccc(F)cc2)CC1. The Labute approximate surface area is 185 Å². The monoisotopic (exact) mass is 462 g/mol. The second-order valence-electron chi connectivity index (χ2n) is 7.91. The van der Waals surface area contributed by atoms with Crippen LogP contribution in [0, 0.1) is 15.9 Å². The van der Waals surface area contributed by atoms with Gasteiger partial charge in [-0.1, -0.05) is 0 Å². The van der Waals surface area contributed by atoms with Gasteiger partial charge in [-0.15, -0.1) is 0 Å². The average molecular weight is 463 g/mol. The fourth-order valence-electron chi connectivity index (χ4n) is 3.66. The lowest BCUT2D eigenvalue weighted by molar-refractivity contribution is -0.384. The van der Waals surface area contributed by atoms with Gasteiger partial charge >= 0.3 is 0 Å². The molecule has 1 aliphatic carbocycles. The molecular formula is C21H23FN4O5S. The summed E-state index contributed by atoms with van der Waals surface area (Å²) in [6.07, 6.45) is 2.33. The first kappa shape index (κ1) is 22.2. The van der Waals surface area contributed by atoms with Crippen LogP contribution < -0.4 is 5.32 Å². The number of carbonyl (C=O) groups is 1. The van der Waals surface area contributed by atoms with E-state index in [4.69, 9.17) is 0 Å². The summed E-state index contributed by atoms with van der Waals surface area (Å²) in [6, 6.07) is 9.22. The molecule has 1 N–H and O–H groups in total. The first-order valence-corrected chi connectivity index (χ1v) is 11.8. The van der Waals surface area contributed by atoms with E-state index >= 15 is 0 Å². The van der Waals surface area contributed by atoms with Crippen molar-refractivity contribution in [2.24, 2.45) is 0 Å². The Morgan fingerprint density at radius 3 is 2.44 bits per heavy atom. The third kappa shape index (κ3) is 4.73. The van der Waals surface area contributed by atoms with Crippen molar-refractivity contribution in [2.45, 2.75) is 30.2 Å².